The molecule has 0 spiro atoms. The minimum Gasteiger partial charge on any atom is -0.497 e. The maximum atomic E-state index is 7.32. The van der Waals surface area contributed by atoms with Crippen molar-refractivity contribution in [2.75, 3.05) is 14.2 Å². The van der Waals surface area contributed by atoms with E-state index >= 15 is 0 Å². The quantitative estimate of drug-likeness (QED) is 0.646. The number of rotatable bonds is 2. The van der Waals surface area contributed by atoms with Crippen LogP contribution in [0.25, 0.3) is 0 Å². The fourth-order valence-corrected chi connectivity index (χ4v) is 0.807. The van der Waals surface area contributed by atoms with Crippen molar-refractivity contribution in [3.8, 4) is 11.5 Å². The van der Waals surface area contributed by atoms with Gasteiger partial charge in [-0.3, -0.25) is 0 Å². The second-order valence-corrected chi connectivity index (χ2v) is 2.10. The normalized spacial score (nSPS) is 9.27. The Labute approximate surface area is 65.7 Å². The van der Waals surface area contributed by atoms with Crippen molar-refractivity contribution in [1.29, 1.82) is 0 Å². The molecule has 59 valence electrons. The Bertz CT molecular complexity index is 226. The molecule has 0 heterocycles. The summed E-state index contributed by atoms with van der Waals surface area (Å²) in [6.45, 7) is 0. The first kappa shape index (κ1) is 7.72. The first-order chi connectivity index (χ1) is 5.26. The smallest absolute Gasteiger partial charge is 0.124 e. The molecular weight excluding hydrogens is 142 g/mol. The van der Waals surface area contributed by atoms with Crippen LogP contribution >= 0.6 is 0 Å². The third-order valence-corrected chi connectivity index (χ3v) is 1.35. The van der Waals surface area contributed by atoms with E-state index in [2.05, 4.69) is 0 Å². The zero-order chi connectivity index (χ0) is 8.27. The predicted molar refractivity (Wildman–Crippen MR) is 42.3 cm³/mol. The molecule has 0 atom stereocenters. The van der Waals surface area contributed by atoms with Crippen LogP contribution in [0.3, 0.4) is 0 Å². The highest BCUT2D eigenvalue weighted by Gasteiger charge is 1.97. The van der Waals surface area contributed by atoms with Crippen LogP contribution in [0.5, 0.6) is 11.5 Å². The zero-order valence-corrected chi connectivity index (χ0v) is 6.55. The number of hydrogen-bond acceptors (Lipinski definition) is 2. The number of benzene rings is 1. The van der Waals surface area contributed by atoms with Crippen LogP contribution < -0.4 is 15.2 Å². The SMILES string of the molecule is COc1cc([NH])cc(OC)c1. The summed E-state index contributed by atoms with van der Waals surface area (Å²) in [7, 11) is 3.13. The van der Waals surface area contributed by atoms with Crippen molar-refractivity contribution < 1.29 is 9.47 Å². The predicted octanol–water partition coefficient (Wildman–Crippen LogP) is 1.62. The third kappa shape index (κ3) is 1.77. The van der Waals surface area contributed by atoms with E-state index < -0.39 is 0 Å². The highest BCUT2D eigenvalue weighted by molar-refractivity contribution is 5.47. The molecule has 3 heteroatoms. The Morgan fingerprint density at radius 1 is 1.00 bits per heavy atom. The van der Waals surface area contributed by atoms with E-state index in [9.17, 15) is 0 Å². The average molecular weight is 152 g/mol. The number of hydrogen-bond donors (Lipinski definition) is 0. The van der Waals surface area contributed by atoms with E-state index in [1.54, 1.807) is 32.4 Å². The molecule has 0 amide bonds. The van der Waals surface area contributed by atoms with Crippen molar-refractivity contribution in [2.45, 2.75) is 0 Å². The van der Waals surface area contributed by atoms with Crippen LogP contribution in [0.15, 0.2) is 18.2 Å². The zero-order valence-electron chi connectivity index (χ0n) is 6.55. The Hall–Kier alpha value is -1.38. The second kappa shape index (κ2) is 3.14. The molecule has 1 rings (SSSR count). The van der Waals surface area contributed by atoms with Gasteiger partial charge >= 0.3 is 0 Å². The van der Waals surface area contributed by atoms with Crippen LogP contribution in [-0.4, -0.2) is 14.2 Å². The van der Waals surface area contributed by atoms with Gasteiger partial charge in [-0.05, 0) is 0 Å². The van der Waals surface area contributed by atoms with Gasteiger partial charge in [0.25, 0.3) is 0 Å². The minimum atomic E-state index is 0.390. The molecule has 1 aromatic carbocycles. The molecule has 0 aliphatic rings. The first-order valence-corrected chi connectivity index (χ1v) is 3.21. The summed E-state index contributed by atoms with van der Waals surface area (Å²) >= 11 is 0. The topological polar surface area (TPSA) is 42.3 Å². The molecule has 0 aliphatic heterocycles. The molecule has 0 saturated heterocycles. The van der Waals surface area contributed by atoms with Crippen LogP contribution in [0, 0.1) is 0 Å². The third-order valence-electron chi connectivity index (χ3n) is 1.35. The van der Waals surface area contributed by atoms with Crippen molar-refractivity contribution in [1.82, 2.24) is 5.73 Å². The number of ether oxygens (including phenoxy) is 2. The van der Waals surface area contributed by atoms with Gasteiger partial charge < -0.3 is 15.2 Å². The van der Waals surface area contributed by atoms with Crippen molar-refractivity contribution in [2.24, 2.45) is 0 Å². The van der Waals surface area contributed by atoms with Crippen LogP contribution in [0.4, 0.5) is 5.69 Å². The molecule has 0 saturated carbocycles. The molecule has 0 aromatic heterocycles. The van der Waals surface area contributed by atoms with Crippen LogP contribution in [-0.2, 0) is 0 Å². The van der Waals surface area contributed by atoms with Crippen molar-refractivity contribution in [3.05, 3.63) is 18.2 Å². The van der Waals surface area contributed by atoms with Gasteiger partial charge in [0.1, 0.15) is 11.5 Å². The van der Waals surface area contributed by atoms with E-state index in [4.69, 9.17) is 15.2 Å². The summed E-state index contributed by atoms with van der Waals surface area (Å²) in [5.41, 5.74) is 7.71. The molecule has 0 aliphatic carbocycles. The minimum absolute atomic E-state index is 0.390. The van der Waals surface area contributed by atoms with E-state index in [1.807, 2.05) is 0 Å². The lowest BCUT2D eigenvalue weighted by molar-refractivity contribution is 0.394. The fourth-order valence-electron chi connectivity index (χ4n) is 0.807. The average Bonchev–Trinajstić information content (AvgIpc) is 2.03. The van der Waals surface area contributed by atoms with Gasteiger partial charge in [-0.1, -0.05) is 0 Å². The Morgan fingerprint density at radius 3 is 1.82 bits per heavy atom. The second-order valence-electron chi connectivity index (χ2n) is 2.10. The summed E-state index contributed by atoms with van der Waals surface area (Å²) in [6.07, 6.45) is 0. The summed E-state index contributed by atoms with van der Waals surface area (Å²) in [5, 5.41) is 0. The molecule has 3 nitrogen and oxygen atoms in total. The van der Waals surface area contributed by atoms with E-state index in [1.165, 1.54) is 0 Å². The summed E-state index contributed by atoms with van der Waals surface area (Å²) < 4.78 is 9.88. The van der Waals surface area contributed by atoms with E-state index in [0.717, 1.165) is 0 Å². The van der Waals surface area contributed by atoms with Gasteiger partial charge in [0.15, 0.2) is 0 Å². The molecule has 1 N–H and O–H groups in total. The Balaban J connectivity index is 3.02. The van der Waals surface area contributed by atoms with Gasteiger partial charge in [-0.25, -0.2) is 0 Å². The van der Waals surface area contributed by atoms with Gasteiger partial charge in [0, 0.05) is 18.2 Å². The van der Waals surface area contributed by atoms with Crippen LogP contribution in [0.1, 0.15) is 0 Å². The highest BCUT2D eigenvalue weighted by atomic mass is 16.5. The molecule has 1 radical (unpaired) electrons. The van der Waals surface area contributed by atoms with Crippen molar-refractivity contribution >= 4 is 5.69 Å². The molecule has 11 heavy (non-hydrogen) atoms. The lowest BCUT2D eigenvalue weighted by atomic mass is 10.3. The number of nitrogens with one attached hydrogen (secondary N) is 1. The number of methoxy groups -OCH3 is 2. The van der Waals surface area contributed by atoms with Crippen LogP contribution in [0.2, 0.25) is 0 Å². The fraction of sp³-hybridized carbons (Fsp3) is 0.250. The van der Waals surface area contributed by atoms with Gasteiger partial charge in [-0.2, -0.15) is 0 Å². The Morgan fingerprint density at radius 2 is 1.45 bits per heavy atom. The van der Waals surface area contributed by atoms with E-state index in [0.29, 0.717) is 17.2 Å². The monoisotopic (exact) mass is 152 g/mol. The molecule has 1 aromatic rings. The largest absolute Gasteiger partial charge is 0.497 e. The summed E-state index contributed by atoms with van der Waals surface area (Å²) in [5.74, 6) is 1.30. The lowest BCUT2D eigenvalue weighted by Crippen LogP contribution is -1.86. The Kier molecular flexibility index (Phi) is 2.21. The van der Waals surface area contributed by atoms with Gasteiger partial charge in [0.2, 0.25) is 0 Å². The first-order valence-electron chi connectivity index (χ1n) is 3.21. The molecule has 0 bridgehead atoms. The summed E-state index contributed by atoms with van der Waals surface area (Å²) in [6, 6.07) is 4.99. The molecular formula is C8H10NO2. The maximum absolute atomic E-state index is 7.32. The van der Waals surface area contributed by atoms with Gasteiger partial charge in [-0.15, -0.1) is 0 Å². The molecule has 0 unspecified atom stereocenters. The highest BCUT2D eigenvalue weighted by Crippen LogP contribution is 2.24. The summed E-state index contributed by atoms with van der Waals surface area (Å²) in [4.78, 5) is 0. The standard InChI is InChI=1S/C8H10NO2/c1-10-7-3-6(9)4-8(5-7)11-2/h3-5,9H,1-2H3. The lowest BCUT2D eigenvalue weighted by Gasteiger charge is -2.03. The van der Waals surface area contributed by atoms with Crippen molar-refractivity contribution in [3.63, 3.8) is 0 Å². The maximum Gasteiger partial charge on any atom is 0.124 e. The molecule has 0 fully saturated rings. The van der Waals surface area contributed by atoms with Gasteiger partial charge in [0.05, 0.1) is 19.9 Å². The van der Waals surface area contributed by atoms with E-state index in [-0.39, 0.29) is 0 Å².